The van der Waals surface area contributed by atoms with Crippen LogP contribution in [0.25, 0.3) is 0 Å². The summed E-state index contributed by atoms with van der Waals surface area (Å²) in [7, 11) is 6.15. The van der Waals surface area contributed by atoms with E-state index in [0.29, 0.717) is 45.4 Å². The SMILES string of the molecule is CC/C=C\C/C=C\C/C=C\CCCCCCCC(=O)OCCCCC(CCCCOC(=O)CCCCCCC/C=C\C/C=C\C/C=C\CC)OC(=O)NCCN(C)CCN(C)C. The molecule has 356 valence electrons. The van der Waals surface area contributed by atoms with Gasteiger partial charge in [0.05, 0.1) is 13.2 Å². The van der Waals surface area contributed by atoms with Crippen LogP contribution in [0.2, 0.25) is 0 Å². The van der Waals surface area contributed by atoms with Gasteiger partial charge in [0.25, 0.3) is 0 Å². The molecule has 62 heavy (non-hydrogen) atoms. The number of nitrogens with zero attached hydrogens (tertiary/aromatic N) is 2. The van der Waals surface area contributed by atoms with Gasteiger partial charge in [-0.2, -0.15) is 0 Å². The van der Waals surface area contributed by atoms with E-state index in [9.17, 15) is 14.4 Å². The fourth-order valence-corrected chi connectivity index (χ4v) is 6.53. The van der Waals surface area contributed by atoms with Crippen molar-refractivity contribution in [3.05, 3.63) is 72.9 Å². The van der Waals surface area contributed by atoms with Gasteiger partial charge in [0.15, 0.2) is 0 Å². The Hall–Kier alpha value is -3.43. The van der Waals surface area contributed by atoms with Crippen molar-refractivity contribution in [3.63, 3.8) is 0 Å². The van der Waals surface area contributed by atoms with Crippen molar-refractivity contribution in [1.82, 2.24) is 15.1 Å². The van der Waals surface area contributed by atoms with Gasteiger partial charge in [0, 0.05) is 39.0 Å². The Labute approximate surface area is 380 Å². The first-order valence-electron chi connectivity index (χ1n) is 24.8. The largest absolute Gasteiger partial charge is 0.466 e. The minimum Gasteiger partial charge on any atom is -0.466 e. The number of esters is 2. The van der Waals surface area contributed by atoms with Crippen LogP contribution in [0.5, 0.6) is 0 Å². The monoisotopic (exact) mass is 868 g/mol. The van der Waals surface area contributed by atoms with Gasteiger partial charge < -0.3 is 29.3 Å². The number of unbranched alkanes of at least 4 members (excludes halogenated alkanes) is 12. The van der Waals surface area contributed by atoms with Crippen molar-refractivity contribution in [2.24, 2.45) is 0 Å². The zero-order chi connectivity index (χ0) is 45.4. The Morgan fingerprint density at radius 1 is 0.484 bits per heavy atom. The predicted molar refractivity (Wildman–Crippen MR) is 262 cm³/mol. The minimum atomic E-state index is -0.403. The van der Waals surface area contributed by atoms with Crippen LogP contribution in [0, 0.1) is 0 Å². The number of carbonyl (C=O) groups is 3. The quantitative estimate of drug-likeness (QED) is 0.0280. The topological polar surface area (TPSA) is 97.4 Å². The molecule has 0 aliphatic rings. The van der Waals surface area contributed by atoms with E-state index < -0.39 is 6.09 Å². The lowest BCUT2D eigenvalue weighted by Crippen LogP contribution is -2.37. The number of amides is 1. The molecule has 0 radical (unpaired) electrons. The molecule has 0 bridgehead atoms. The fourth-order valence-electron chi connectivity index (χ4n) is 6.53. The number of ether oxygens (including phenoxy) is 3. The first kappa shape index (κ1) is 58.6. The molecule has 0 aliphatic heterocycles. The van der Waals surface area contributed by atoms with Crippen molar-refractivity contribution in [2.45, 2.75) is 187 Å². The Morgan fingerprint density at radius 3 is 1.35 bits per heavy atom. The minimum absolute atomic E-state index is 0.127. The van der Waals surface area contributed by atoms with Crippen molar-refractivity contribution in [3.8, 4) is 0 Å². The van der Waals surface area contributed by atoms with E-state index in [1.165, 1.54) is 25.7 Å². The molecule has 0 aromatic carbocycles. The highest BCUT2D eigenvalue weighted by Crippen LogP contribution is 2.15. The second kappa shape index (κ2) is 47.1. The van der Waals surface area contributed by atoms with Gasteiger partial charge in [0.1, 0.15) is 6.10 Å². The summed E-state index contributed by atoms with van der Waals surface area (Å²) in [6.45, 7) is 8.21. The fraction of sp³-hybridized carbons (Fsp3) is 0.717. The molecular weight excluding hydrogens is 775 g/mol. The predicted octanol–water partition coefficient (Wildman–Crippen LogP) is 13.2. The second-order valence-electron chi connectivity index (χ2n) is 16.7. The van der Waals surface area contributed by atoms with Crippen molar-refractivity contribution in [1.29, 1.82) is 0 Å². The maximum atomic E-state index is 12.7. The lowest BCUT2D eigenvalue weighted by atomic mass is 10.1. The van der Waals surface area contributed by atoms with Gasteiger partial charge >= 0.3 is 18.0 Å². The van der Waals surface area contributed by atoms with E-state index in [-0.39, 0.29) is 18.0 Å². The third kappa shape index (κ3) is 46.1. The molecule has 9 heteroatoms. The summed E-state index contributed by atoms with van der Waals surface area (Å²) >= 11 is 0. The van der Waals surface area contributed by atoms with Gasteiger partial charge in [-0.25, -0.2) is 4.79 Å². The molecule has 0 atom stereocenters. The first-order valence-corrected chi connectivity index (χ1v) is 24.8. The van der Waals surface area contributed by atoms with Gasteiger partial charge in [0.2, 0.25) is 0 Å². The number of rotatable bonds is 43. The van der Waals surface area contributed by atoms with Crippen LogP contribution in [0.15, 0.2) is 72.9 Å². The van der Waals surface area contributed by atoms with E-state index in [1.54, 1.807) is 0 Å². The summed E-state index contributed by atoms with van der Waals surface area (Å²) in [5, 5.41) is 2.90. The molecule has 0 spiro atoms. The molecular formula is C53H93N3O6. The van der Waals surface area contributed by atoms with E-state index in [1.807, 2.05) is 21.1 Å². The summed E-state index contributed by atoms with van der Waals surface area (Å²) in [6, 6.07) is 0. The molecule has 0 aromatic heterocycles. The van der Waals surface area contributed by atoms with Crippen LogP contribution >= 0.6 is 0 Å². The third-order valence-electron chi connectivity index (χ3n) is 10.4. The maximum absolute atomic E-state index is 12.7. The van der Waals surface area contributed by atoms with Crippen LogP contribution < -0.4 is 5.32 Å². The summed E-state index contributed by atoms with van der Waals surface area (Å²) < 4.78 is 16.9. The smallest absolute Gasteiger partial charge is 0.407 e. The lowest BCUT2D eigenvalue weighted by Gasteiger charge is -2.21. The molecule has 0 unspecified atom stereocenters. The Balaban J connectivity index is 4.28. The van der Waals surface area contributed by atoms with E-state index in [4.69, 9.17) is 14.2 Å². The first-order chi connectivity index (χ1) is 30.3. The van der Waals surface area contributed by atoms with Crippen molar-refractivity contribution < 1.29 is 28.6 Å². The van der Waals surface area contributed by atoms with E-state index in [0.717, 1.165) is 135 Å². The Kier molecular flexibility index (Phi) is 44.5. The number of alkyl carbamates (subject to hydrolysis) is 1. The number of likely N-dealkylation sites (N-methyl/N-ethyl adjacent to an activating group) is 2. The van der Waals surface area contributed by atoms with Crippen molar-refractivity contribution in [2.75, 3.05) is 60.5 Å². The molecule has 0 aliphatic carbocycles. The Morgan fingerprint density at radius 2 is 0.903 bits per heavy atom. The summed E-state index contributed by atoms with van der Waals surface area (Å²) in [4.78, 5) is 41.7. The summed E-state index contributed by atoms with van der Waals surface area (Å²) in [6.07, 6.45) is 50.8. The number of nitrogens with one attached hydrogen (secondary N) is 1. The van der Waals surface area contributed by atoms with Crippen molar-refractivity contribution >= 4 is 18.0 Å². The molecule has 0 saturated carbocycles. The number of hydrogen-bond acceptors (Lipinski definition) is 8. The molecule has 0 saturated heterocycles. The highest BCUT2D eigenvalue weighted by Gasteiger charge is 2.15. The molecule has 0 aromatic rings. The lowest BCUT2D eigenvalue weighted by molar-refractivity contribution is -0.144. The average Bonchev–Trinajstić information content (AvgIpc) is 3.25. The van der Waals surface area contributed by atoms with Crippen LogP contribution in [-0.2, 0) is 23.8 Å². The molecule has 0 heterocycles. The highest BCUT2D eigenvalue weighted by atomic mass is 16.6. The van der Waals surface area contributed by atoms with E-state index >= 15 is 0 Å². The average molecular weight is 868 g/mol. The van der Waals surface area contributed by atoms with Crippen LogP contribution in [0.1, 0.15) is 181 Å². The van der Waals surface area contributed by atoms with Crippen LogP contribution in [-0.4, -0.2) is 94.5 Å². The zero-order valence-electron chi connectivity index (χ0n) is 40.5. The number of carbonyl (C=O) groups excluding carboxylic acids is 3. The standard InChI is InChI=1S/C53H93N3O6/c1-6-8-10-12-14-16-18-20-22-24-26-28-30-32-34-42-51(57)60-48-38-36-40-50(62-53(59)54-44-45-56(5)47-46-55(3)4)41-37-39-49-61-52(58)43-35-33-31-29-27-25-23-21-19-17-15-13-11-9-7-2/h8-11,14-17,20-23,50H,6-7,12-13,18-19,24-49H2,1-5H3,(H,54,59)/b10-8-,11-9-,16-14-,17-15-,22-20-,23-21-. The molecule has 1 amide bonds. The van der Waals surface area contributed by atoms with Gasteiger partial charge in [-0.05, 0) is 137 Å². The number of allylic oxidation sites excluding steroid dienone is 12. The second-order valence-corrected chi connectivity index (χ2v) is 16.7. The van der Waals surface area contributed by atoms with Gasteiger partial charge in [-0.3, -0.25) is 9.59 Å². The number of hydrogen-bond donors (Lipinski definition) is 1. The van der Waals surface area contributed by atoms with Gasteiger partial charge in [-0.15, -0.1) is 0 Å². The molecule has 1 N–H and O–H groups in total. The normalized spacial score (nSPS) is 12.3. The third-order valence-corrected chi connectivity index (χ3v) is 10.4. The molecule has 9 nitrogen and oxygen atoms in total. The molecule has 0 rings (SSSR count). The summed E-state index contributed by atoms with van der Waals surface area (Å²) in [5.41, 5.74) is 0. The maximum Gasteiger partial charge on any atom is 0.407 e. The van der Waals surface area contributed by atoms with Crippen LogP contribution in [0.4, 0.5) is 4.79 Å². The highest BCUT2D eigenvalue weighted by molar-refractivity contribution is 5.69. The molecule has 0 fully saturated rings. The van der Waals surface area contributed by atoms with Gasteiger partial charge in [-0.1, -0.05) is 125 Å². The Bertz CT molecular complexity index is 1150. The van der Waals surface area contributed by atoms with E-state index in [2.05, 4.69) is 102 Å². The summed E-state index contributed by atoms with van der Waals surface area (Å²) in [5.74, 6) is -0.255. The zero-order valence-corrected chi connectivity index (χ0v) is 40.5. The van der Waals surface area contributed by atoms with Crippen LogP contribution in [0.3, 0.4) is 0 Å².